The van der Waals surface area contributed by atoms with Crippen molar-refractivity contribution in [2.75, 3.05) is 0 Å². The van der Waals surface area contributed by atoms with Crippen LogP contribution in [-0.4, -0.2) is 21.2 Å². The third kappa shape index (κ3) is 4.85. The van der Waals surface area contributed by atoms with Gasteiger partial charge in [0, 0.05) is 39.5 Å². The highest BCUT2D eigenvalue weighted by atomic mass is 15.2. The van der Waals surface area contributed by atoms with E-state index in [2.05, 4.69) is 121 Å². The molecule has 224 valence electrons. The highest BCUT2D eigenvalue weighted by molar-refractivity contribution is 6.16. The molecule has 1 N–H and O–H groups in total. The minimum Gasteiger partial charge on any atom is -0.324 e. The van der Waals surface area contributed by atoms with Gasteiger partial charge >= 0.3 is 0 Å². The lowest BCUT2D eigenvalue weighted by atomic mass is 9.81. The first-order chi connectivity index (χ1) is 22.6. The van der Waals surface area contributed by atoms with E-state index in [-0.39, 0.29) is 0 Å². The van der Waals surface area contributed by atoms with Crippen LogP contribution in [0.2, 0.25) is 0 Å². The predicted octanol–water partition coefficient (Wildman–Crippen LogP) is 8.82. The van der Waals surface area contributed by atoms with Gasteiger partial charge in [-0.3, -0.25) is 4.57 Å². The maximum Gasteiger partial charge on any atom is 0.177 e. The highest BCUT2D eigenvalue weighted by Gasteiger charge is 2.32. The number of aromatic nitrogens is 2. The minimum atomic E-state index is -0.778. The summed E-state index contributed by atoms with van der Waals surface area (Å²) in [4.78, 5) is 15.3. The summed E-state index contributed by atoms with van der Waals surface area (Å²) in [5.41, 5.74) is 8.70. The molecule has 0 saturated heterocycles. The summed E-state index contributed by atoms with van der Waals surface area (Å²) in [6.07, 6.45) is 6.40. The van der Waals surface area contributed by atoms with Crippen molar-refractivity contribution in [1.29, 1.82) is 0 Å². The second kappa shape index (κ2) is 11.4. The molecule has 5 nitrogen and oxygen atoms in total. The number of amidine groups is 2. The van der Waals surface area contributed by atoms with E-state index in [4.69, 9.17) is 15.0 Å². The van der Waals surface area contributed by atoms with Crippen LogP contribution in [0, 0.1) is 5.92 Å². The van der Waals surface area contributed by atoms with Crippen LogP contribution < -0.4 is 5.32 Å². The van der Waals surface area contributed by atoms with Gasteiger partial charge in [-0.15, -0.1) is 0 Å². The molecule has 0 fully saturated rings. The van der Waals surface area contributed by atoms with Gasteiger partial charge in [-0.2, -0.15) is 0 Å². The number of fused-ring (bicyclic) bond motifs is 3. The number of nitrogens with one attached hydrogen (secondary N) is 1. The second-order valence-electron chi connectivity index (χ2n) is 12.2. The van der Waals surface area contributed by atoms with Gasteiger partial charge in [-0.1, -0.05) is 116 Å². The second-order valence-corrected chi connectivity index (χ2v) is 12.2. The minimum absolute atomic E-state index is 0.435. The Morgan fingerprint density at radius 3 is 2.02 bits per heavy atom. The number of para-hydroxylation sites is 1. The van der Waals surface area contributed by atoms with Crippen molar-refractivity contribution in [3.63, 3.8) is 0 Å². The summed E-state index contributed by atoms with van der Waals surface area (Å²) < 4.78 is 2.36. The zero-order valence-electron chi connectivity index (χ0n) is 26.1. The lowest BCUT2D eigenvalue weighted by Gasteiger charge is -2.30. The van der Waals surface area contributed by atoms with Crippen molar-refractivity contribution in [2.24, 2.45) is 15.9 Å². The van der Waals surface area contributed by atoms with Gasteiger partial charge in [-0.25, -0.2) is 15.0 Å². The Morgan fingerprint density at radius 2 is 1.35 bits per heavy atom. The SMILES string of the molecule is CCC1Cc2c(c3ccccc3n2-c2ccc(C3=NC(C)(c4ccccc4)N=C(c4ccccc4)N3)cn2)C=C1c1ccccc1. The molecular formula is C41H35N5. The molecule has 6 aromatic rings. The molecule has 1 aliphatic heterocycles. The average Bonchev–Trinajstić information content (AvgIpc) is 3.45. The van der Waals surface area contributed by atoms with E-state index in [1.807, 2.05) is 42.6 Å². The molecule has 0 bridgehead atoms. The average molecular weight is 598 g/mol. The number of nitrogens with zero attached hydrogens (tertiary/aromatic N) is 4. The maximum absolute atomic E-state index is 5.16. The van der Waals surface area contributed by atoms with Crippen molar-refractivity contribution in [1.82, 2.24) is 14.9 Å². The monoisotopic (exact) mass is 597 g/mol. The number of hydrogen-bond donors (Lipinski definition) is 1. The fraction of sp³-hybridized carbons (Fsp3) is 0.146. The van der Waals surface area contributed by atoms with Gasteiger partial charge in [0.25, 0.3) is 0 Å². The van der Waals surface area contributed by atoms with Crippen molar-refractivity contribution >= 4 is 34.2 Å². The zero-order valence-corrected chi connectivity index (χ0v) is 26.1. The van der Waals surface area contributed by atoms with E-state index in [1.165, 1.54) is 33.3 Å². The number of aliphatic imine (C=N–C) groups is 2. The van der Waals surface area contributed by atoms with E-state index in [0.717, 1.165) is 47.0 Å². The molecule has 1 aliphatic carbocycles. The van der Waals surface area contributed by atoms with Crippen LogP contribution >= 0.6 is 0 Å². The maximum atomic E-state index is 5.16. The largest absolute Gasteiger partial charge is 0.324 e. The first-order valence-corrected chi connectivity index (χ1v) is 16.0. The first kappa shape index (κ1) is 28.0. The standard InChI is InChI=1S/C41H35N5/c1-3-28-25-37-35(26-34(28)29-15-7-4-8-16-29)33-21-13-14-22-36(33)46(37)38-24-23-31(27-42-38)40-43-39(30-17-9-5-10-18-30)44-41(2,45-40)32-19-11-6-12-20-32/h4-24,26-28H,3,25H2,1-2H3,(H,43,44,45). The van der Waals surface area contributed by atoms with Gasteiger partial charge in [-0.05, 0) is 61.1 Å². The Kier molecular flexibility index (Phi) is 6.94. The fourth-order valence-corrected chi connectivity index (χ4v) is 6.91. The first-order valence-electron chi connectivity index (χ1n) is 16.0. The smallest absolute Gasteiger partial charge is 0.177 e. The zero-order chi connectivity index (χ0) is 31.1. The molecule has 4 aromatic carbocycles. The molecule has 0 spiro atoms. The Bertz CT molecular complexity index is 2120. The van der Waals surface area contributed by atoms with Gasteiger partial charge in [0.05, 0.1) is 5.52 Å². The normalized spacial score (nSPS) is 19.1. The number of allylic oxidation sites excluding steroid dienone is 1. The molecule has 3 heterocycles. The molecule has 0 radical (unpaired) electrons. The molecule has 2 atom stereocenters. The highest BCUT2D eigenvalue weighted by Crippen LogP contribution is 2.42. The Labute approximate surface area is 269 Å². The molecule has 2 unspecified atom stereocenters. The van der Waals surface area contributed by atoms with Crippen LogP contribution in [0.25, 0.3) is 28.4 Å². The van der Waals surface area contributed by atoms with Crippen molar-refractivity contribution in [3.8, 4) is 5.82 Å². The van der Waals surface area contributed by atoms with E-state index in [1.54, 1.807) is 0 Å². The third-order valence-electron chi connectivity index (χ3n) is 9.31. The third-order valence-corrected chi connectivity index (χ3v) is 9.31. The van der Waals surface area contributed by atoms with Crippen LogP contribution in [0.1, 0.15) is 53.8 Å². The summed E-state index contributed by atoms with van der Waals surface area (Å²) >= 11 is 0. The van der Waals surface area contributed by atoms with Crippen LogP contribution in [-0.2, 0) is 12.1 Å². The van der Waals surface area contributed by atoms with Crippen molar-refractivity contribution in [3.05, 3.63) is 167 Å². The summed E-state index contributed by atoms with van der Waals surface area (Å²) in [7, 11) is 0. The summed E-state index contributed by atoms with van der Waals surface area (Å²) in [5.74, 6) is 2.88. The van der Waals surface area contributed by atoms with Gasteiger partial charge < -0.3 is 5.32 Å². The molecule has 0 amide bonds. The summed E-state index contributed by atoms with van der Waals surface area (Å²) in [5, 5.41) is 4.78. The number of pyridine rings is 1. The molecule has 2 aliphatic rings. The number of benzene rings is 4. The topological polar surface area (TPSA) is 54.6 Å². The Balaban J connectivity index is 1.21. The fourth-order valence-electron chi connectivity index (χ4n) is 6.91. The van der Waals surface area contributed by atoms with E-state index in [0.29, 0.717) is 5.92 Å². The lowest BCUT2D eigenvalue weighted by molar-refractivity contribution is 0.518. The molecule has 8 rings (SSSR count). The van der Waals surface area contributed by atoms with Crippen LogP contribution in [0.15, 0.2) is 144 Å². The molecular weight excluding hydrogens is 562 g/mol. The number of hydrogen-bond acceptors (Lipinski definition) is 4. The van der Waals surface area contributed by atoms with E-state index in [9.17, 15) is 0 Å². The van der Waals surface area contributed by atoms with Crippen LogP contribution in [0.3, 0.4) is 0 Å². The van der Waals surface area contributed by atoms with E-state index >= 15 is 0 Å². The summed E-state index contributed by atoms with van der Waals surface area (Å²) in [6.45, 7) is 4.36. The molecule has 2 aromatic heterocycles. The van der Waals surface area contributed by atoms with E-state index < -0.39 is 5.66 Å². The van der Waals surface area contributed by atoms with Crippen LogP contribution in [0.5, 0.6) is 0 Å². The van der Waals surface area contributed by atoms with Crippen LogP contribution in [0.4, 0.5) is 0 Å². The van der Waals surface area contributed by atoms with Gasteiger partial charge in [0.15, 0.2) is 5.66 Å². The Hall–Kier alpha value is -5.55. The van der Waals surface area contributed by atoms with Gasteiger partial charge in [0.1, 0.15) is 17.5 Å². The number of rotatable bonds is 6. The molecule has 5 heteroatoms. The van der Waals surface area contributed by atoms with Crippen molar-refractivity contribution in [2.45, 2.75) is 32.4 Å². The predicted molar refractivity (Wildman–Crippen MR) is 189 cm³/mol. The molecule has 46 heavy (non-hydrogen) atoms. The summed E-state index contributed by atoms with van der Waals surface area (Å²) in [6, 6.07) is 44.3. The molecule has 0 saturated carbocycles. The van der Waals surface area contributed by atoms with Gasteiger partial charge in [0.2, 0.25) is 0 Å². The Morgan fingerprint density at radius 1 is 0.717 bits per heavy atom. The quantitative estimate of drug-likeness (QED) is 0.209. The lowest BCUT2D eigenvalue weighted by Crippen LogP contribution is -2.40. The van der Waals surface area contributed by atoms with Crippen molar-refractivity contribution < 1.29 is 0 Å².